The summed E-state index contributed by atoms with van der Waals surface area (Å²) in [6, 6.07) is 2.36. The molecule has 0 unspecified atom stereocenters. The van der Waals surface area contributed by atoms with Crippen LogP contribution < -0.4 is 5.32 Å². The minimum Gasteiger partial charge on any atom is -0.466 e. The van der Waals surface area contributed by atoms with Crippen molar-refractivity contribution in [1.29, 1.82) is 0 Å². The highest BCUT2D eigenvalue weighted by atomic mass is 19.4. The molecule has 1 atom stereocenters. The second kappa shape index (κ2) is 8.32. The van der Waals surface area contributed by atoms with E-state index in [0.29, 0.717) is 0 Å². The van der Waals surface area contributed by atoms with Gasteiger partial charge >= 0.3 is 24.1 Å². The topological polar surface area (TPSA) is 84.9 Å². The maximum Gasteiger partial charge on any atom is 0.416 e. The monoisotopic (exact) mass is 400 g/mol. The zero-order chi connectivity index (χ0) is 21.1. The van der Waals surface area contributed by atoms with Crippen molar-refractivity contribution >= 4 is 18.0 Å². The van der Waals surface area contributed by atoms with Gasteiger partial charge in [-0.15, -0.1) is 0 Å². The third-order valence-electron chi connectivity index (χ3n) is 4.14. The van der Waals surface area contributed by atoms with Crippen LogP contribution >= 0.6 is 0 Å². The van der Waals surface area contributed by atoms with E-state index in [0.717, 1.165) is 24.1 Å². The standard InChI is InChI=1S/C18H19F3N2O5/c1-4-28-13(24)9-23-10(2)14(16(25)27-3)15(22-17(23)26)11-6-5-7-12(8-11)18(19,20)21/h5-8,15H,4,9H2,1-3H3,(H,22,26)/t15-/m0/s1. The summed E-state index contributed by atoms with van der Waals surface area (Å²) in [5, 5.41) is 2.46. The lowest BCUT2D eigenvalue weighted by Gasteiger charge is -2.34. The molecule has 0 saturated heterocycles. The van der Waals surface area contributed by atoms with Crippen molar-refractivity contribution < 1.29 is 37.0 Å². The van der Waals surface area contributed by atoms with E-state index >= 15 is 0 Å². The Bertz CT molecular complexity index is 820. The van der Waals surface area contributed by atoms with Crippen LogP contribution in [0.4, 0.5) is 18.0 Å². The van der Waals surface area contributed by atoms with E-state index in [1.165, 1.54) is 19.1 Å². The molecule has 7 nitrogen and oxygen atoms in total. The fraction of sp³-hybridized carbons (Fsp3) is 0.389. The minimum atomic E-state index is -4.59. The van der Waals surface area contributed by atoms with Gasteiger partial charge in [-0.3, -0.25) is 9.69 Å². The molecule has 0 fully saturated rings. The third kappa shape index (κ3) is 4.44. The molecular weight excluding hydrogens is 381 g/mol. The zero-order valence-corrected chi connectivity index (χ0v) is 15.4. The number of rotatable bonds is 5. The van der Waals surface area contributed by atoms with Gasteiger partial charge in [0.2, 0.25) is 0 Å². The van der Waals surface area contributed by atoms with E-state index in [4.69, 9.17) is 9.47 Å². The van der Waals surface area contributed by atoms with E-state index in [2.05, 4.69) is 5.32 Å². The largest absolute Gasteiger partial charge is 0.466 e. The second-order valence-corrected chi connectivity index (χ2v) is 5.89. The number of ether oxygens (including phenoxy) is 2. The molecule has 2 amide bonds. The van der Waals surface area contributed by atoms with Crippen molar-refractivity contribution in [2.45, 2.75) is 26.1 Å². The van der Waals surface area contributed by atoms with Crippen molar-refractivity contribution in [2.75, 3.05) is 20.3 Å². The number of hydrogen-bond donors (Lipinski definition) is 1. The third-order valence-corrected chi connectivity index (χ3v) is 4.14. The number of esters is 2. The van der Waals surface area contributed by atoms with Crippen molar-refractivity contribution in [3.8, 4) is 0 Å². The van der Waals surface area contributed by atoms with E-state index in [1.807, 2.05) is 0 Å². The van der Waals surface area contributed by atoms with E-state index < -0.39 is 42.3 Å². The average Bonchev–Trinajstić information content (AvgIpc) is 2.63. The van der Waals surface area contributed by atoms with Crippen molar-refractivity contribution in [3.63, 3.8) is 0 Å². The fourth-order valence-corrected chi connectivity index (χ4v) is 2.83. The summed E-state index contributed by atoms with van der Waals surface area (Å²) < 4.78 is 48.6. The molecule has 0 aromatic heterocycles. The van der Waals surface area contributed by atoms with Crippen LogP contribution in [0.25, 0.3) is 0 Å². The predicted octanol–water partition coefficient (Wildman–Crippen LogP) is 2.78. The lowest BCUT2D eigenvalue weighted by atomic mass is 9.93. The lowest BCUT2D eigenvalue weighted by Crippen LogP contribution is -2.49. The first-order valence-corrected chi connectivity index (χ1v) is 8.30. The first-order chi connectivity index (χ1) is 13.1. The fourth-order valence-electron chi connectivity index (χ4n) is 2.83. The summed E-state index contributed by atoms with van der Waals surface area (Å²) in [6.07, 6.45) is -4.59. The van der Waals surface area contributed by atoms with Crippen LogP contribution in [0.3, 0.4) is 0 Å². The molecule has 1 aromatic carbocycles. The number of amides is 2. The molecule has 152 valence electrons. The molecule has 1 aromatic rings. The molecule has 1 N–H and O–H groups in total. The molecule has 0 bridgehead atoms. The van der Waals surface area contributed by atoms with E-state index in [-0.39, 0.29) is 23.4 Å². The number of urea groups is 1. The molecule has 0 saturated carbocycles. The number of allylic oxidation sites excluding steroid dienone is 1. The van der Waals surface area contributed by atoms with Gasteiger partial charge in [0.05, 0.1) is 30.9 Å². The number of hydrogen-bond acceptors (Lipinski definition) is 5. The predicted molar refractivity (Wildman–Crippen MR) is 90.8 cm³/mol. The summed E-state index contributed by atoms with van der Waals surface area (Å²) in [5.41, 5.74) is -0.856. The van der Waals surface area contributed by atoms with E-state index in [1.54, 1.807) is 6.92 Å². The van der Waals surface area contributed by atoms with E-state index in [9.17, 15) is 27.6 Å². The van der Waals surface area contributed by atoms with Gasteiger partial charge in [-0.05, 0) is 31.5 Å². The van der Waals surface area contributed by atoms with Gasteiger partial charge in [0, 0.05) is 5.70 Å². The number of carbonyl (C=O) groups is 3. The Balaban J connectivity index is 2.51. The summed E-state index contributed by atoms with van der Waals surface area (Å²) in [7, 11) is 1.11. The van der Waals surface area contributed by atoms with Crippen LogP contribution in [-0.4, -0.2) is 43.1 Å². The molecule has 2 rings (SSSR count). The maximum atomic E-state index is 13.0. The molecule has 0 radical (unpaired) electrons. The van der Waals surface area contributed by atoms with Gasteiger partial charge in [0.1, 0.15) is 6.54 Å². The molecule has 1 aliphatic heterocycles. The minimum absolute atomic E-state index is 0.0544. The Labute approximate surface area is 159 Å². The maximum absolute atomic E-state index is 13.0. The lowest BCUT2D eigenvalue weighted by molar-refractivity contribution is -0.144. The number of nitrogens with zero attached hydrogens (tertiary/aromatic N) is 1. The number of benzene rings is 1. The molecule has 1 heterocycles. The van der Waals surface area contributed by atoms with Gasteiger partial charge in [0.25, 0.3) is 0 Å². The molecule has 28 heavy (non-hydrogen) atoms. The highest BCUT2D eigenvalue weighted by Crippen LogP contribution is 2.35. The van der Waals surface area contributed by atoms with Crippen LogP contribution in [0.2, 0.25) is 0 Å². The van der Waals surface area contributed by atoms with Gasteiger partial charge in [-0.1, -0.05) is 12.1 Å². The van der Waals surface area contributed by atoms with Gasteiger partial charge in [-0.25, -0.2) is 9.59 Å². The quantitative estimate of drug-likeness (QED) is 0.769. The Morgan fingerprint density at radius 2 is 1.96 bits per heavy atom. The summed E-state index contributed by atoms with van der Waals surface area (Å²) in [6.45, 7) is 2.65. The molecule has 1 aliphatic rings. The molecule has 10 heteroatoms. The number of nitrogens with one attached hydrogen (secondary N) is 1. The highest BCUT2D eigenvalue weighted by Gasteiger charge is 2.38. The Kier molecular flexibility index (Phi) is 6.32. The van der Waals surface area contributed by atoms with Crippen LogP contribution in [0, 0.1) is 0 Å². The summed E-state index contributed by atoms with van der Waals surface area (Å²) in [5.74, 6) is -1.53. The number of carbonyl (C=O) groups excluding carboxylic acids is 3. The Morgan fingerprint density at radius 1 is 1.29 bits per heavy atom. The number of methoxy groups -OCH3 is 1. The van der Waals surface area contributed by atoms with Gasteiger partial charge < -0.3 is 14.8 Å². The SMILES string of the molecule is CCOC(=O)CN1C(=O)N[C@@H](c2cccc(C(F)(F)F)c2)C(C(=O)OC)=C1C. The van der Waals surface area contributed by atoms with Gasteiger partial charge in [-0.2, -0.15) is 13.2 Å². The van der Waals surface area contributed by atoms with Crippen LogP contribution in [-0.2, 0) is 25.2 Å². The van der Waals surface area contributed by atoms with Crippen LogP contribution in [0.1, 0.15) is 31.0 Å². The van der Waals surface area contributed by atoms with Gasteiger partial charge in [0.15, 0.2) is 0 Å². The first-order valence-electron chi connectivity index (χ1n) is 8.30. The van der Waals surface area contributed by atoms with Crippen LogP contribution in [0.15, 0.2) is 35.5 Å². The molecule has 0 aliphatic carbocycles. The Morgan fingerprint density at radius 3 is 2.54 bits per heavy atom. The first kappa shape index (κ1) is 21.3. The summed E-state index contributed by atoms with van der Waals surface area (Å²) >= 11 is 0. The molecule has 0 spiro atoms. The van der Waals surface area contributed by atoms with Crippen molar-refractivity contribution in [1.82, 2.24) is 10.2 Å². The Hall–Kier alpha value is -3.04. The van der Waals surface area contributed by atoms with Crippen LogP contribution in [0.5, 0.6) is 0 Å². The normalized spacial score (nSPS) is 17.3. The number of alkyl halides is 3. The second-order valence-electron chi connectivity index (χ2n) is 5.89. The summed E-state index contributed by atoms with van der Waals surface area (Å²) in [4.78, 5) is 37.5. The van der Waals surface area contributed by atoms with Crippen molar-refractivity contribution in [2.24, 2.45) is 0 Å². The number of halogens is 3. The van der Waals surface area contributed by atoms with Crippen molar-refractivity contribution in [3.05, 3.63) is 46.7 Å². The molecular formula is C18H19F3N2O5. The highest BCUT2D eigenvalue weighted by molar-refractivity contribution is 5.95. The zero-order valence-electron chi connectivity index (χ0n) is 15.4. The average molecular weight is 400 g/mol. The smallest absolute Gasteiger partial charge is 0.416 e.